The second-order valence-corrected chi connectivity index (χ2v) is 5.29. The van der Waals surface area contributed by atoms with Crippen molar-refractivity contribution >= 4 is 17.1 Å². The summed E-state index contributed by atoms with van der Waals surface area (Å²) in [5.41, 5.74) is 2.29. The number of benzene rings is 1. The fourth-order valence-electron chi connectivity index (χ4n) is 3.15. The van der Waals surface area contributed by atoms with E-state index in [1.54, 1.807) is 0 Å². The van der Waals surface area contributed by atoms with Gasteiger partial charge in [-0.2, -0.15) is 0 Å². The van der Waals surface area contributed by atoms with Crippen molar-refractivity contribution in [2.75, 3.05) is 0 Å². The zero-order chi connectivity index (χ0) is 13.2. The Morgan fingerprint density at radius 3 is 2.84 bits per heavy atom. The maximum absolute atomic E-state index is 11.6. The highest BCUT2D eigenvalue weighted by Gasteiger charge is 2.31. The van der Waals surface area contributed by atoms with Crippen LogP contribution < -0.4 is 0 Å². The second-order valence-electron chi connectivity index (χ2n) is 5.29. The average Bonchev–Trinajstić information content (AvgIpc) is 2.87. The van der Waals surface area contributed by atoms with E-state index in [4.69, 9.17) is 4.42 Å². The summed E-state index contributed by atoms with van der Waals surface area (Å²) in [4.78, 5) is 15.7. The Balaban J connectivity index is 1.95. The van der Waals surface area contributed by atoms with Crippen LogP contribution in [0, 0.1) is 5.92 Å². The predicted molar refractivity (Wildman–Crippen MR) is 71.0 cm³/mol. The van der Waals surface area contributed by atoms with Crippen LogP contribution in [0.3, 0.4) is 0 Å². The SMILES string of the molecule is O=C(O)C(c1ccc2ocnc2c1)C1CCCCC1. The number of rotatable bonds is 3. The Morgan fingerprint density at radius 2 is 2.11 bits per heavy atom. The van der Waals surface area contributed by atoms with Gasteiger partial charge in [0.1, 0.15) is 5.52 Å². The topological polar surface area (TPSA) is 63.3 Å². The number of carbonyl (C=O) groups is 1. The number of hydrogen-bond donors (Lipinski definition) is 1. The smallest absolute Gasteiger partial charge is 0.311 e. The number of aliphatic carboxylic acids is 1. The Morgan fingerprint density at radius 1 is 1.32 bits per heavy atom. The van der Waals surface area contributed by atoms with Crippen LogP contribution in [-0.2, 0) is 4.79 Å². The number of oxazole rings is 1. The maximum Gasteiger partial charge on any atom is 0.311 e. The van der Waals surface area contributed by atoms with Crippen LogP contribution in [0.4, 0.5) is 0 Å². The summed E-state index contributed by atoms with van der Waals surface area (Å²) < 4.78 is 5.20. The summed E-state index contributed by atoms with van der Waals surface area (Å²) in [5, 5.41) is 9.56. The maximum atomic E-state index is 11.6. The van der Waals surface area contributed by atoms with E-state index in [-0.39, 0.29) is 5.92 Å². The highest BCUT2D eigenvalue weighted by molar-refractivity contribution is 5.80. The molecule has 1 aromatic heterocycles. The molecule has 100 valence electrons. The first-order chi connectivity index (χ1) is 9.25. The zero-order valence-electron chi connectivity index (χ0n) is 10.7. The first kappa shape index (κ1) is 12.2. The molecule has 1 aromatic carbocycles. The molecule has 0 amide bonds. The Labute approximate surface area is 111 Å². The predicted octanol–water partition coefficient (Wildman–Crippen LogP) is 3.58. The molecular formula is C15H17NO3. The van der Waals surface area contributed by atoms with Gasteiger partial charge >= 0.3 is 5.97 Å². The summed E-state index contributed by atoms with van der Waals surface area (Å²) in [7, 11) is 0. The van der Waals surface area contributed by atoms with Crippen molar-refractivity contribution in [1.29, 1.82) is 0 Å². The van der Waals surface area contributed by atoms with Gasteiger partial charge in [0.2, 0.25) is 0 Å². The summed E-state index contributed by atoms with van der Waals surface area (Å²) in [6.07, 6.45) is 6.92. The van der Waals surface area contributed by atoms with Gasteiger partial charge in [0.05, 0.1) is 5.92 Å². The van der Waals surface area contributed by atoms with Crippen LogP contribution in [0.5, 0.6) is 0 Å². The third kappa shape index (κ3) is 2.35. The van der Waals surface area contributed by atoms with Gasteiger partial charge in [-0.15, -0.1) is 0 Å². The minimum Gasteiger partial charge on any atom is -0.481 e. The molecule has 2 aromatic rings. The van der Waals surface area contributed by atoms with Crippen molar-refractivity contribution in [2.24, 2.45) is 5.92 Å². The van der Waals surface area contributed by atoms with Crippen molar-refractivity contribution in [2.45, 2.75) is 38.0 Å². The minimum atomic E-state index is -0.727. The standard InChI is InChI=1S/C15H17NO3/c17-15(18)14(10-4-2-1-3-5-10)11-6-7-13-12(8-11)16-9-19-13/h6-10,14H,1-5H2,(H,17,18). The van der Waals surface area contributed by atoms with Crippen LogP contribution in [0.15, 0.2) is 29.0 Å². The average molecular weight is 259 g/mol. The van der Waals surface area contributed by atoms with Crippen molar-refractivity contribution in [3.63, 3.8) is 0 Å². The van der Waals surface area contributed by atoms with Gasteiger partial charge in [-0.05, 0) is 36.5 Å². The molecule has 3 rings (SSSR count). The van der Waals surface area contributed by atoms with E-state index in [0.29, 0.717) is 5.58 Å². The van der Waals surface area contributed by atoms with E-state index >= 15 is 0 Å². The summed E-state index contributed by atoms with van der Waals surface area (Å²) >= 11 is 0. The molecule has 1 atom stereocenters. The Kier molecular flexibility index (Phi) is 3.23. The molecule has 19 heavy (non-hydrogen) atoms. The van der Waals surface area contributed by atoms with Crippen molar-refractivity contribution in [3.8, 4) is 0 Å². The summed E-state index contributed by atoms with van der Waals surface area (Å²) in [6, 6.07) is 5.53. The third-order valence-corrected chi connectivity index (χ3v) is 4.10. The van der Waals surface area contributed by atoms with E-state index in [1.165, 1.54) is 12.8 Å². The lowest BCUT2D eigenvalue weighted by atomic mass is 9.77. The lowest BCUT2D eigenvalue weighted by Gasteiger charge is -2.27. The van der Waals surface area contributed by atoms with Crippen LogP contribution in [0.25, 0.3) is 11.1 Å². The minimum absolute atomic E-state index is 0.246. The normalized spacial score (nSPS) is 18.5. The van der Waals surface area contributed by atoms with Gasteiger partial charge in [-0.1, -0.05) is 25.3 Å². The zero-order valence-corrected chi connectivity index (χ0v) is 10.7. The largest absolute Gasteiger partial charge is 0.481 e. The molecule has 4 heteroatoms. The van der Waals surface area contributed by atoms with E-state index in [1.807, 2.05) is 18.2 Å². The Hall–Kier alpha value is -1.84. The first-order valence-electron chi connectivity index (χ1n) is 6.81. The van der Waals surface area contributed by atoms with Crippen molar-refractivity contribution < 1.29 is 14.3 Å². The monoisotopic (exact) mass is 259 g/mol. The quantitative estimate of drug-likeness (QED) is 0.915. The van der Waals surface area contributed by atoms with Gasteiger partial charge in [0, 0.05) is 0 Å². The fraction of sp³-hybridized carbons (Fsp3) is 0.467. The van der Waals surface area contributed by atoms with Gasteiger partial charge in [0.25, 0.3) is 0 Å². The molecular weight excluding hydrogens is 242 g/mol. The Bertz CT molecular complexity index is 584. The molecule has 1 aliphatic carbocycles. The number of aromatic nitrogens is 1. The van der Waals surface area contributed by atoms with E-state index in [0.717, 1.165) is 36.8 Å². The van der Waals surface area contributed by atoms with Crippen LogP contribution >= 0.6 is 0 Å². The number of carboxylic acid groups (broad SMARTS) is 1. The molecule has 0 aliphatic heterocycles. The number of hydrogen-bond acceptors (Lipinski definition) is 3. The highest BCUT2D eigenvalue weighted by atomic mass is 16.4. The molecule has 4 nitrogen and oxygen atoms in total. The van der Waals surface area contributed by atoms with Crippen molar-refractivity contribution in [3.05, 3.63) is 30.2 Å². The molecule has 0 spiro atoms. The van der Waals surface area contributed by atoms with Crippen LogP contribution in [-0.4, -0.2) is 16.1 Å². The van der Waals surface area contributed by atoms with Gasteiger partial charge in [-0.25, -0.2) is 4.98 Å². The molecule has 1 aliphatic rings. The second kappa shape index (κ2) is 5.03. The molecule has 1 unspecified atom stereocenters. The lowest BCUT2D eigenvalue weighted by molar-refractivity contribution is -0.140. The fourth-order valence-corrected chi connectivity index (χ4v) is 3.15. The van der Waals surface area contributed by atoms with Gasteiger partial charge < -0.3 is 9.52 Å². The lowest BCUT2D eigenvalue weighted by Crippen LogP contribution is -2.23. The molecule has 0 radical (unpaired) electrons. The number of carboxylic acids is 1. The molecule has 0 bridgehead atoms. The van der Waals surface area contributed by atoms with Gasteiger partial charge in [0.15, 0.2) is 12.0 Å². The van der Waals surface area contributed by atoms with Gasteiger partial charge in [-0.3, -0.25) is 4.79 Å². The highest BCUT2D eigenvalue weighted by Crippen LogP contribution is 2.37. The van der Waals surface area contributed by atoms with Crippen LogP contribution in [0.1, 0.15) is 43.6 Å². The van der Waals surface area contributed by atoms with Crippen LogP contribution in [0.2, 0.25) is 0 Å². The number of nitrogens with zero attached hydrogens (tertiary/aromatic N) is 1. The molecule has 0 saturated heterocycles. The third-order valence-electron chi connectivity index (χ3n) is 4.10. The molecule has 1 fully saturated rings. The van der Waals surface area contributed by atoms with Crippen molar-refractivity contribution in [1.82, 2.24) is 4.98 Å². The first-order valence-corrected chi connectivity index (χ1v) is 6.81. The molecule has 1 heterocycles. The van der Waals surface area contributed by atoms with E-state index in [2.05, 4.69) is 4.98 Å². The van der Waals surface area contributed by atoms with E-state index < -0.39 is 11.9 Å². The summed E-state index contributed by atoms with van der Waals surface area (Å²) in [6.45, 7) is 0. The molecule has 1 N–H and O–H groups in total. The van der Waals surface area contributed by atoms with E-state index in [9.17, 15) is 9.90 Å². The number of fused-ring (bicyclic) bond motifs is 1. The summed E-state index contributed by atoms with van der Waals surface area (Å²) in [5.74, 6) is -0.897. The molecule has 1 saturated carbocycles.